The lowest BCUT2D eigenvalue weighted by atomic mass is 9.88. The number of carboxylic acids is 1. The van der Waals surface area contributed by atoms with Crippen LogP contribution in [0.3, 0.4) is 0 Å². The molecular formula is C16H18N2O3. The van der Waals surface area contributed by atoms with E-state index in [4.69, 9.17) is 0 Å². The van der Waals surface area contributed by atoms with Crippen LogP contribution in [-0.2, 0) is 4.79 Å². The van der Waals surface area contributed by atoms with Crippen molar-refractivity contribution >= 4 is 22.8 Å². The molecule has 0 saturated carbocycles. The van der Waals surface area contributed by atoms with Gasteiger partial charge in [-0.25, -0.2) is 4.98 Å². The standard InChI is InChI=1S/C16H18N2O3/c1-3-16(2,15(20)21)10-17-14(19)13-9-8-11-6-4-5-7-12(11)18-13/h4-9H,3,10H2,1-2H3,(H,17,19)(H,20,21). The number of carbonyl (C=O) groups is 2. The average Bonchev–Trinajstić information content (AvgIpc) is 2.51. The lowest BCUT2D eigenvalue weighted by molar-refractivity contribution is -0.147. The maximum atomic E-state index is 12.1. The van der Waals surface area contributed by atoms with E-state index in [1.165, 1.54) is 0 Å². The summed E-state index contributed by atoms with van der Waals surface area (Å²) < 4.78 is 0. The summed E-state index contributed by atoms with van der Waals surface area (Å²) in [6.07, 6.45) is 0.438. The Balaban J connectivity index is 2.14. The fourth-order valence-corrected chi connectivity index (χ4v) is 1.91. The number of carbonyl (C=O) groups excluding carboxylic acids is 1. The van der Waals surface area contributed by atoms with Crippen molar-refractivity contribution in [1.29, 1.82) is 0 Å². The predicted octanol–water partition coefficient (Wildman–Crippen LogP) is 2.47. The summed E-state index contributed by atoms with van der Waals surface area (Å²) in [5.74, 6) is -1.28. The molecule has 0 aliphatic carbocycles. The van der Waals surface area contributed by atoms with E-state index in [2.05, 4.69) is 10.3 Å². The number of aliphatic carboxylic acids is 1. The van der Waals surface area contributed by atoms with E-state index in [0.29, 0.717) is 6.42 Å². The van der Waals surface area contributed by atoms with E-state index >= 15 is 0 Å². The highest BCUT2D eigenvalue weighted by Gasteiger charge is 2.31. The Kier molecular flexibility index (Phi) is 4.21. The Morgan fingerprint density at radius 1 is 1.24 bits per heavy atom. The number of aromatic nitrogens is 1. The van der Waals surface area contributed by atoms with E-state index < -0.39 is 11.4 Å². The number of carboxylic acid groups (broad SMARTS) is 1. The summed E-state index contributed by atoms with van der Waals surface area (Å²) >= 11 is 0. The number of pyridine rings is 1. The first-order valence-electron chi connectivity index (χ1n) is 6.83. The van der Waals surface area contributed by atoms with Crippen LogP contribution in [0.1, 0.15) is 30.8 Å². The van der Waals surface area contributed by atoms with Gasteiger partial charge in [-0.05, 0) is 25.5 Å². The normalized spacial score (nSPS) is 13.6. The Bertz CT molecular complexity index is 684. The molecule has 0 aliphatic heterocycles. The van der Waals surface area contributed by atoms with Crippen molar-refractivity contribution in [2.45, 2.75) is 20.3 Å². The van der Waals surface area contributed by atoms with E-state index in [9.17, 15) is 14.7 Å². The Hall–Kier alpha value is -2.43. The number of benzene rings is 1. The molecule has 21 heavy (non-hydrogen) atoms. The topological polar surface area (TPSA) is 79.3 Å². The first-order chi connectivity index (χ1) is 9.96. The van der Waals surface area contributed by atoms with Gasteiger partial charge in [-0.15, -0.1) is 0 Å². The number of rotatable bonds is 5. The van der Waals surface area contributed by atoms with Gasteiger partial charge < -0.3 is 10.4 Å². The van der Waals surface area contributed by atoms with Crippen molar-refractivity contribution < 1.29 is 14.7 Å². The van der Waals surface area contributed by atoms with Gasteiger partial charge in [-0.1, -0.05) is 31.2 Å². The maximum absolute atomic E-state index is 12.1. The molecule has 2 N–H and O–H groups in total. The van der Waals surface area contributed by atoms with Crippen LogP contribution in [0.5, 0.6) is 0 Å². The summed E-state index contributed by atoms with van der Waals surface area (Å²) in [5, 5.41) is 12.8. The number of amides is 1. The number of hydrogen-bond acceptors (Lipinski definition) is 3. The van der Waals surface area contributed by atoms with Crippen LogP contribution < -0.4 is 5.32 Å². The number of fused-ring (bicyclic) bond motifs is 1. The molecule has 1 unspecified atom stereocenters. The fourth-order valence-electron chi connectivity index (χ4n) is 1.91. The number of nitrogens with one attached hydrogen (secondary N) is 1. The first kappa shape index (κ1) is 15.0. The number of hydrogen-bond donors (Lipinski definition) is 2. The van der Waals surface area contributed by atoms with Gasteiger partial charge in [0.1, 0.15) is 5.69 Å². The van der Waals surface area contributed by atoms with E-state index in [1.807, 2.05) is 30.3 Å². The second kappa shape index (κ2) is 5.91. The molecule has 0 bridgehead atoms. The molecule has 1 aromatic heterocycles. The van der Waals surface area contributed by atoms with E-state index in [-0.39, 0.29) is 18.1 Å². The van der Waals surface area contributed by atoms with Crippen LogP contribution in [0.15, 0.2) is 36.4 Å². The summed E-state index contributed by atoms with van der Waals surface area (Å²) in [5.41, 5.74) is 0.0613. The average molecular weight is 286 g/mol. The lowest BCUT2D eigenvalue weighted by Crippen LogP contribution is -2.40. The van der Waals surface area contributed by atoms with E-state index in [0.717, 1.165) is 10.9 Å². The van der Waals surface area contributed by atoms with Gasteiger partial charge in [0.15, 0.2) is 0 Å². The van der Waals surface area contributed by atoms with Gasteiger partial charge in [-0.2, -0.15) is 0 Å². The zero-order valence-electron chi connectivity index (χ0n) is 12.1. The lowest BCUT2D eigenvalue weighted by Gasteiger charge is -2.23. The van der Waals surface area contributed by atoms with E-state index in [1.54, 1.807) is 19.9 Å². The van der Waals surface area contributed by atoms with Crippen molar-refractivity contribution in [2.24, 2.45) is 5.41 Å². The van der Waals surface area contributed by atoms with Crippen molar-refractivity contribution in [3.63, 3.8) is 0 Å². The van der Waals surface area contributed by atoms with Crippen LogP contribution in [0.4, 0.5) is 0 Å². The van der Waals surface area contributed by atoms with Crippen molar-refractivity contribution in [2.75, 3.05) is 6.54 Å². The molecule has 2 rings (SSSR count). The van der Waals surface area contributed by atoms with Gasteiger partial charge >= 0.3 is 5.97 Å². The second-order valence-corrected chi connectivity index (χ2v) is 5.29. The first-order valence-corrected chi connectivity index (χ1v) is 6.83. The molecule has 2 aromatic rings. The molecule has 1 atom stereocenters. The molecular weight excluding hydrogens is 268 g/mol. The summed E-state index contributed by atoms with van der Waals surface area (Å²) in [7, 11) is 0. The SMILES string of the molecule is CCC(C)(CNC(=O)c1ccc2ccccc2n1)C(=O)O. The van der Waals surface area contributed by atoms with Crippen LogP contribution in [0, 0.1) is 5.41 Å². The predicted molar refractivity (Wildman–Crippen MR) is 80.1 cm³/mol. The summed E-state index contributed by atoms with van der Waals surface area (Å²) in [6, 6.07) is 11.0. The highest BCUT2D eigenvalue weighted by molar-refractivity contribution is 5.95. The van der Waals surface area contributed by atoms with Crippen molar-refractivity contribution in [3.05, 3.63) is 42.1 Å². The molecule has 1 aromatic carbocycles. The summed E-state index contributed by atoms with van der Waals surface area (Å²) in [4.78, 5) is 27.6. The molecule has 5 nitrogen and oxygen atoms in total. The molecule has 110 valence electrons. The third-order valence-corrected chi connectivity index (χ3v) is 3.77. The van der Waals surface area contributed by atoms with Gasteiger partial charge in [0.05, 0.1) is 10.9 Å². The molecule has 0 aliphatic rings. The zero-order valence-corrected chi connectivity index (χ0v) is 12.1. The van der Waals surface area contributed by atoms with Crippen LogP contribution in [0.25, 0.3) is 10.9 Å². The summed E-state index contributed by atoms with van der Waals surface area (Å²) in [6.45, 7) is 3.48. The molecule has 0 radical (unpaired) electrons. The molecule has 5 heteroatoms. The monoisotopic (exact) mass is 286 g/mol. The Morgan fingerprint density at radius 2 is 1.95 bits per heavy atom. The third-order valence-electron chi connectivity index (χ3n) is 3.77. The minimum atomic E-state index is -0.966. The molecule has 0 spiro atoms. The second-order valence-electron chi connectivity index (χ2n) is 5.29. The highest BCUT2D eigenvalue weighted by atomic mass is 16.4. The third kappa shape index (κ3) is 3.18. The van der Waals surface area contributed by atoms with Crippen molar-refractivity contribution in [1.82, 2.24) is 10.3 Å². The van der Waals surface area contributed by atoms with Gasteiger partial charge in [0.2, 0.25) is 0 Å². The Labute approximate surface area is 123 Å². The maximum Gasteiger partial charge on any atom is 0.311 e. The minimum Gasteiger partial charge on any atom is -0.481 e. The van der Waals surface area contributed by atoms with Crippen LogP contribution in [-0.4, -0.2) is 28.5 Å². The Morgan fingerprint density at radius 3 is 2.62 bits per heavy atom. The molecule has 1 heterocycles. The van der Waals surface area contributed by atoms with Crippen LogP contribution >= 0.6 is 0 Å². The van der Waals surface area contributed by atoms with Gasteiger partial charge in [-0.3, -0.25) is 9.59 Å². The molecule has 0 fully saturated rings. The highest BCUT2D eigenvalue weighted by Crippen LogP contribution is 2.20. The quantitative estimate of drug-likeness (QED) is 0.885. The van der Waals surface area contributed by atoms with Gasteiger partial charge in [0, 0.05) is 11.9 Å². The fraction of sp³-hybridized carbons (Fsp3) is 0.312. The number of para-hydroxylation sites is 1. The molecule has 0 saturated heterocycles. The minimum absolute atomic E-state index is 0.0756. The van der Waals surface area contributed by atoms with Gasteiger partial charge in [0.25, 0.3) is 5.91 Å². The van der Waals surface area contributed by atoms with Crippen molar-refractivity contribution in [3.8, 4) is 0 Å². The smallest absolute Gasteiger partial charge is 0.311 e. The largest absolute Gasteiger partial charge is 0.481 e. The van der Waals surface area contributed by atoms with Crippen LogP contribution in [0.2, 0.25) is 0 Å². The molecule has 1 amide bonds. The zero-order chi connectivity index (χ0) is 15.5. The number of nitrogens with zero attached hydrogens (tertiary/aromatic N) is 1.